The Morgan fingerprint density at radius 3 is 2.67 bits per heavy atom. The predicted molar refractivity (Wildman–Crippen MR) is 95.5 cm³/mol. The fourth-order valence-corrected chi connectivity index (χ4v) is 3.63. The van der Waals surface area contributed by atoms with Gasteiger partial charge in [-0.25, -0.2) is 0 Å². The monoisotopic (exact) mass is 354 g/mol. The molecule has 2 heterocycles. The van der Waals surface area contributed by atoms with Crippen LogP contribution in [0.1, 0.15) is 0 Å². The summed E-state index contributed by atoms with van der Waals surface area (Å²) in [4.78, 5) is 16.1. The number of pyridine rings is 1. The van der Waals surface area contributed by atoms with E-state index in [2.05, 4.69) is 20.4 Å². The third-order valence-corrected chi connectivity index (χ3v) is 4.83. The second kappa shape index (κ2) is 6.14. The van der Waals surface area contributed by atoms with Crippen molar-refractivity contribution in [3.05, 3.63) is 70.1 Å². The van der Waals surface area contributed by atoms with Crippen molar-refractivity contribution in [3.8, 4) is 11.1 Å². The molecule has 4 rings (SSSR count). The molecular formula is C17H11ClN4OS. The fourth-order valence-electron chi connectivity index (χ4n) is 2.58. The normalized spacial score (nSPS) is 11.0. The summed E-state index contributed by atoms with van der Waals surface area (Å²) in [6.45, 7) is 0. The van der Waals surface area contributed by atoms with Crippen LogP contribution in [-0.4, -0.2) is 20.4 Å². The molecule has 0 saturated heterocycles. The molecule has 0 radical (unpaired) electrons. The van der Waals surface area contributed by atoms with E-state index in [1.165, 1.54) is 11.8 Å². The molecule has 4 aromatic rings. The van der Waals surface area contributed by atoms with Gasteiger partial charge in [0, 0.05) is 21.5 Å². The first kappa shape index (κ1) is 15.0. The van der Waals surface area contributed by atoms with Crippen LogP contribution < -0.4 is 5.56 Å². The van der Waals surface area contributed by atoms with Crippen LogP contribution in [0.4, 0.5) is 0 Å². The Morgan fingerprint density at radius 2 is 1.92 bits per heavy atom. The molecule has 0 aliphatic heterocycles. The lowest BCUT2D eigenvalue weighted by Gasteiger charge is -2.12. The first-order valence-corrected chi connectivity index (χ1v) is 8.36. The number of aromatic nitrogens is 4. The molecule has 2 aromatic carbocycles. The molecule has 0 spiro atoms. The van der Waals surface area contributed by atoms with Crippen LogP contribution in [0.2, 0.25) is 5.02 Å². The highest BCUT2D eigenvalue weighted by molar-refractivity contribution is 7.99. The predicted octanol–water partition coefficient (Wildman–Crippen LogP) is 4.12. The molecule has 118 valence electrons. The molecule has 0 amide bonds. The second-order valence-electron chi connectivity index (χ2n) is 5.12. The van der Waals surface area contributed by atoms with Gasteiger partial charge >= 0.3 is 0 Å². The molecule has 0 saturated carbocycles. The van der Waals surface area contributed by atoms with E-state index in [0.29, 0.717) is 14.9 Å². The van der Waals surface area contributed by atoms with Crippen LogP contribution in [0, 0.1) is 0 Å². The highest BCUT2D eigenvalue weighted by Crippen LogP contribution is 2.37. The zero-order valence-electron chi connectivity index (χ0n) is 12.3. The number of H-pyrrole nitrogens is 2. The minimum absolute atomic E-state index is 0.170. The van der Waals surface area contributed by atoms with Crippen LogP contribution in [0.5, 0.6) is 0 Å². The quantitative estimate of drug-likeness (QED) is 0.580. The van der Waals surface area contributed by atoms with Crippen molar-refractivity contribution in [1.29, 1.82) is 0 Å². The number of rotatable bonds is 3. The van der Waals surface area contributed by atoms with Gasteiger partial charge in [-0.2, -0.15) is 10.3 Å². The Kier molecular flexibility index (Phi) is 3.84. The minimum Gasteiger partial charge on any atom is -0.321 e. The number of nitrogens with zero attached hydrogens (tertiary/aromatic N) is 2. The zero-order valence-corrected chi connectivity index (χ0v) is 13.9. The van der Waals surface area contributed by atoms with Crippen molar-refractivity contribution < 1.29 is 0 Å². The summed E-state index contributed by atoms with van der Waals surface area (Å²) in [7, 11) is 0. The first-order valence-electron chi connectivity index (χ1n) is 7.17. The topological polar surface area (TPSA) is 74.4 Å². The molecule has 0 aliphatic carbocycles. The lowest BCUT2D eigenvalue weighted by Crippen LogP contribution is -2.10. The summed E-state index contributed by atoms with van der Waals surface area (Å²) >= 11 is 7.46. The Bertz CT molecular complexity index is 1060. The molecule has 0 bridgehead atoms. The third kappa shape index (κ3) is 2.70. The molecule has 2 N–H and O–H groups in total. The first-order chi connectivity index (χ1) is 11.7. The van der Waals surface area contributed by atoms with Crippen LogP contribution in [0.25, 0.3) is 22.0 Å². The molecule has 0 atom stereocenters. The van der Waals surface area contributed by atoms with Gasteiger partial charge in [0.15, 0.2) is 0 Å². The number of fused-ring (bicyclic) bond motifs is 1. The maximum absolute atomic E-state index is 12.7. The van der Waals surface area contributed by atoms with E-state index in [1.54, 1.807) is 12.3 Å². The van der Waals surface area contributed by atoms with Crippen LogP contribution in [0.3, 0.4) is 0 Å². The highest BCUT2D eigenvalue weighted by atomic mass is 35.5. The SMILES string of the molecule is O=c1[nH]c2ccc(Cl)cc2c(-c2ccccc2)c1Sc1cn[nH]n1. The molecule has 0 aliphatic rings. The zero-order chi connectivity index (χ0) is 16.5. The van der Waals surface area contributed by atoms with E-state index in [9.17, 15) is 4.79 Å². The van der Waals surface area contributed by atoms with E-state index in [-0.39, 0.29) is 5.56 Å². The van der Waals surface area contributed by atoms with E-state index in [1.807, 2.05) is 42.5 Å². The Balaban J connectivity index is 2.06. The summed E-state index contributed by atoms with van der Waals surface area (Å²) in [5, 5.41) is 12.5. The van der Waals surface area contributed by atoms with Gasteiger partial charge < -0.3 is 4.98 Å². The highest BCUT2D eigenvalue weighted by Gasteiger charge is 2.17. The molecule has 5 nitrogen and oxygen atoms in total. The molecule has 0 unspecified atom stereocenters. The number of halogens is 1. The van der Waals surface area contributed by atoms with Crippen molar-refractivity contribution in [2.45, 2.75) is 9.92 Å². The summed E-state index contributed by atoms with van der Waals surface area (Å²) in [6, 6.07) is 15.2. The molecule has 24 heavy (non-hydrogen) atoms. The van der Waals surface area contributed by atoms with Crippen molar-refractivity contribution in [3.63, 3.8) is 0 Å². The summed E-state index contributed by atoms with van der Waals surface area (Å²) < 4.78 is 0. The van der Waals surface area contributed by atoms with Gasteiger partial charge in [-0.3, -0.25) is 4.79 Å². The summed E-state index contributed by atoms with van der Waals surface area (Å²) in [6.07, 6.45) is 1.58. The Morgan fingerprint density at radius 1 is 1.08 bits per heavy atom. The lowest BCUT2D eigenvalue weighted by molar-refractivity contribution is 0.911. The van der Waals surface area contributed by atoms with Crippen LogP contribution >= 0.6 is 23.4 Å². The average molecular weight is 355 g/mol. The Labute approximate surface area is 146 Å². The third-order valence-electron chi connectivity index (χ3n) is 3.59. The summed E-state index contributed by atoms with van der Waals surface area (Å²) in [5.41, 5.74) is 2.36. The van der Waals surface area contributed by atoms with Crippen molar-refractivity contribution in [1.82, 2.24) is 20.4 Å². The van der Waals surface area contributed by atoms with Crippen molar-refractivity contribution >= 4 is 34.3 Å². The van der Waals surface area contributed by atoms with Gasteiger partial charge in [-0.05, 0) is 23.8 Å². The number of aromatic amines is 2. The largest absolute Gasteiger partial charge is 0.321 e. The van der Waals surface area contributed by atoms with Crippen molar-refractivity contribution in [2.75, 3.05) is 0 Å². The van der Waals surface area contributed by atoms with Crippen LogP contribution in [-0.2, 0) is 0 Å². The molecule has 7 heteroatoms. The minimum atomic E-state index is -0.170. The maximum atomic E-state index is 12.7. The van der Waals surface area contributed by atoms with Gasteiger partial charge in [0.1, 0.15) is 5.03 Å². The molecule has 2 aromatic heterocycles. The number of benzene rings is 2. The molecular weight excluding hydrogens is 344 g/mol. The van der Waals surface area contributed by atoms with Gasteiger partial charge in [-0.1, -0.05) is 53.7 Å². The fraction of sp³-hybridized carbons (Fsp3) is 0. The van der Waals surface area contributed by atoms with E-state index >= 15 is 0 Å². The smallest absolute Gasteiger partial charge is 0.263 e. The Hall–Kier alpha value is -2.57. The van der Waals surface area contributed by atoms with Gasteiger partial charge in [0.25, 0.3) is 5.56 Å². The average Bonchev–Trinajstić information content (AvgIpc) is 3.10. The number of hydrogen-bond acceptors (Lipinski definition) is 4. The van der Waals surface area contributed by atoms with Crippen LogP contribution in [0.15, 0.2) is 69.4 Å². The van der Waals surface area contributed by atoms with Gasteiger partial charge in [0.2, 0.25) is 0 Å². The lowest BCUT2D eigenvalue weighted by atomic mass is 10.0. The number of nitrogens with one attached hydrogen (secondary N) is 2. The van der Waals surface area contributed by atoms with E-state index in [0.717, 1.165) is 22.0 Å². The maximum Gasteiger partial charge on any atom is 0.263 e. The van der Waals surface area contributed by atoms with Gasteiger partial charge in [-0.15, -0.1) is 5.10 Å². The van der Waals surface area contributed by atoms with Crippen molar-refractivity contribution in [2.24, 2.45) is 0 Å². The second-order valence-corrected chi connectivity index (χ2v) is 6.59. The molecule has 0 fully saturated rings. The van der Waals surface area contributed by atoms with E-state index in [4.69, 9.17) is 11.6 Å². The standard InChI is InChI=1S/C17H11ClN4OS/c18-11-6-7-13-12(8-11)15(10-4-2-1-3-5-10)16(17(23)20-13)24-14-9-19-22-21-14/h1-9H,(H,20,23)(H,19,21,22). The summed E-state index contributed by atoms with van der Waals surface area (Å²) in [5.74, 6) is 0. The van der Waals surface area contributed by atoms with Gasteiger partial charge in [0.05, 0.1) is 11.1 Å². The van der Waals surface area contributed by atoms with E-state index < -0.39 is 0 Å². The number of hydrogen-bond donors (Lipinski definition) is 2.